The van der Waals surface area contributed by atoms with Gasteiger partial charge < -0.3 is 5.32 Å². The fourth-order valence-corrected chi connectivity index (χ4v) is 2.23. The van der Waals surface area contributed by atoms with E-state index >= 15 is 0 Å². The first-order valence-electron chi connectivity index (χ1n) is 6.95. The second-order valence-electron chi connectivity index (χ2n) is 5.05. The van der Waals surface area contributed by atoms with Crippen molar-refractivity contribution in [3.8, 4) is 11.1 Å². The largest absolute Gasteiger partial charge is 0.315 e. The molecule has 0 atom stereocenters. The van der Waals surface area contributed by atoms with Crippen molar-refractivity contribution in [3.63, 3.8) is 0 Å². The number of rotatable bonds is 3. The van der Waals surface area contributed by atoms with Gasteiger partial charge >= 0.3 is 0 Å². The molecule has 0 saturated heterocycles. The van der Waals surface area contributed by atoms with Crippen LogP contribution < -0.4 is 10.9 Å². The Hall–Kier alpha value is -3.29. The van der Waals surface area contributed by atoms with Crippen molar-refractivity contribution in [2.75, 3.05) is 5.32 Å². The number of benzene rings is 2. The molecule has 1 aromatic heterocycles. The average Bonchev–Trinajstić information content (AvgIpc) is 2.90. The number of amides is 1. The number of H-pyrrole nitrogens is 1. The van der Waals surface area contributed by atoms with Gasteiger partial charge in [0.1, 0.15) is 17.3 Å². The van der Waals surface area contributed by atoms with E-state index in [0.717, 1.165) is 16.9 Å². The van der Waals surface area contributed by atoms with Crippen LogP contribution in [0.5, 0.6) is 0 Å². The van der Waals surface area contributed by atoms with Crippen molar-refractivity contribution < 1.29 is 13.6 Å². The summed E-state index contributed by atoms with van der Waals surface area (Å²) in [5.41, 5.74) is -0.904. The minimum absolute atomic E-state index is 0.333. The number of hydrogen-bond acceptors (Lipinski definition) is 3. The van der Waals surface area contributed by atoms with Crippen molar-refractivity contribution in [3.05, 3.63) is 70.1 Å². The smallest absolute Gasteiger partial charge is 0.297 e. The third-order valence-corrected chi connectivity index (χ3v) is 3.33. The minimum atomic E-state index is -0.998. The lowest BCUT2D eigenvalue weighted by atomic mass is 10.0. The van der Waals surface area contributed by atoms with E-state index < -0.39 is 34.5 Å². The molecule has 0 unspecified atom stereocenters. The average molecular weight is 330 g/mol. The van der Waals surface area contributed by atoms with Gasteiger partial charge in [0.25, 0.3) is 11.5 Å². The Morgan fingerprint density at radius 1 is 1.12 bits per heavy atom. The fourth-order valence-electron chi connectivity index (χ4n) is 2.23. The van der Waals surface area contributed by atoms with Crippen LogP contribution in [0.2, 0.25) is 0 Å². The van der Waals surface area contributed by atoms with E-state index in [0.29, 0.717) is 11.1 Å². The lowest BCUT2D eigenvalue weighted by molar-refractivity contribution is 0.101. The van der Waals surface area contributed by atoms with E-state index in [-0.39, 0.29) is 0 Å². The van der Waals surface area contributed by atoms with Crippen LogP contribution >= 0.6 is 0 Å². The molecule has 0 aliphatic heterocycles. The molecular weight excluding hydrogens is 318 g/mol. The van der Waals surface area contributed by atoms with E-state index in [4.69, 9.17) is 0 Å². The quantitative estimate of drug-likeness (QED) is 0.773. The molecule has 24 heavy (non-hydrogen) atoms. The Labute approximate surface area is 134 Å². The number of halogens is 2. The van der Waals surface area contributed by atoms with E-state index in [1.165, 1.54) is 7.05 Å². The SMILES string of the molecule is Cn1nc(C(=O)Nc2c(F)cc(-c3ccccc3)cc2F)c(=O)[nH]1. The lowest BCUT2D eigenvalue weighted by Crippen LogP contribution is -2.21. The molecule has 0 bridgehead atoms. The number of aromatic nitrogens is 3. The Morgan fingerprint density at radius 3 is 2.29 bits per heavy atom. The van der Waals surface area contributed by atoms with Crippen molar-refractivity contribution >= 4 is 11.6 Å². The zero-order valence-corrected chi connectivity index (χ0v) is 12.5. The molecule has 0 aliphatic rings. The minimum Gasteiger partial charge on any atom is -0.315 e. The molecule has 3 aromatic rings. The number of nitrogens with one attached hydrogen (secondary N) is 2. The molecule has 1 heterocycles. The monoisotopic (exact) mass is 330 g/mol. The summed E-state index contributed by atoms with van der Waals surface area (Å²) < 4.78 is 28.4. The number of nitrogens with zero attached hydrogens (tertiary/aromatic N) is 2. The molecule has 1 amide bonds. The van der Waals surface area contributed by atoms with Crippen LogP contribution in [-0.4, -0.2) is 20.9 Å². The molecule has 0 spiro atoms. The first kappa shape index (κ1) is 15.6. The molecule has 6 nitrogen and oxygen atoms in total. The van der Waals surface area contributed by atoms with E-state index in [1.54, 1.807) is 30.3 Å². The molecule has 2 aromatic carbocycles. The topological polar surface area (TPSA) is 79.8 Å². The summed E-state index contributed by atoms with van der Waals surface area (Å²) in [5, 5.41) is 7.90. The molecule has 122 valence electrons. The van der Waals surface area contributed by atoms with Gasteiger partial charge in [-0.2, -0.15) is 0 Å². The fraction of sp³-hybridized carbons (Fsp3) is 0.0625. The summed E-state index contributed by atoms with van der Waals surface area (Å²) in [7, 11) is 1.41. The van der Waals surface area contributed by atoms with Gasteiger partial charge in [0.05, 0.1) is 0 Å². The van der Waals surface area contributed by atoms with Crippen LogP contribution in [0.25, 0.3) is 11.1 Å². The van der Waals surface area contributed by atoms with Gasteiger partial charge in [-0.25, -0.2) is 18.7 Å². The Bertz CT molecular complexity index is 941. The third kappa shape index (κ3) is 2.94. The highest BCUT2D eigenvalue weighted by Gasteiger charge is 2.19. The second kappa shape index (κ2) is 6.07. The Morgan fingerprint density at radius 2 is 1.75 bits per heavy atom. The number of anilines is 1. The molecule has 0 fully saturated rings. The van der Waals surface area contributed by atoms with Gasteiger partial charge in [-0.3, -0.25) is 9.59 Å². The van der Waals surface area contributed by atoms with Crippen molar-refractivity contribution in [2.45, 2.75) is 0 Å². The van der Waals surface area contributed by atoms with Gasteiger partial charge in [0, 0.05) is 7.05 Å². The van der Waals surface area contributed by atoms with Crippen LogP contribution in [0.1, 0.15) is 10.5 Å². The maximum Gasteiger partial charge on any atom is 0.297 e. The number of hydrogen-bond donors (Lipinski definition) is 2. The van der Waals surface area contributed by atoms with E-state index in [1.807, 2.05) is 5.32 Å². The Kier molecular flexibility index (Phi) is 3.95. The van der Waals surface area contributed by atoms with Gasteiger partial charge in [-0.05, 0) is 23.3 Å². The first-order valence-corrected chi connectivity index (χ1v) is 6.95. The van der Waals surface area contributed by atoms with Crippen molar-refractivity contribution in [2.24, 2.45) is 7.05 Å². The van der Waals surface area contributed by atoms with Gasteiger partial charge in [-0.1, -0.05) is 30.3 Å². The summed E-state index contributed by atoms with van der Waals surface area (Å²) in [6.45, 7) is 0. The normalized spacial score (nSPS) is 10.6. The number of aryl methyl sites for hydroxylation is 1. The van der Waals surface area contributed by atoms with Crippen LogP contribution in [-0.2, 0) is 7.05 Å². The summed E-state index contributed by atoms with van der Waals surface area (Å²) >= 11 is 0. The highest BCUT2D eigenvalue weighted by atomic mass is 19.1. The summed E-state index contributed by atoms with van der Waals surface area (Å²) in [5.74, 6) is -2.90. The molecule has 0 aliphatic carbocycles. The maximum absolute atomic E-state index is 14.2. The van der Waals surface area contributed by atoms with E-state index in [9.17, 15) is 18.4 Å². The van der Waals surface area contributed by atoms with E-state index in [2.05, 4.69) is 10.2 Å². The van der Waals surface area contributed by atoms with Crippen LogP contribution in [0.4, 0.5) is 14.5 Å². The predicted molar refractivity (Wildman–Crippen MR) is 83.6 cm³/mol. The van der Waals surface area contributed by atoms with Gasteiger partial charge in [0.2, 0.25) is 5.69 Å². The standard InChI is InChI=1S/C16H12F2N4O2/c1-22-20-14(16(24)21-22)15(23)19-13-11(17)7-10(8-12(13)18)9-5-3-2-4-6-9/h2-8H,1H3,(H,19,23)(H,21,24). The number of carbonyl (C=O) groups is 1. The number of carbonyl (C=O) groups excluding carboxylic acids is 1. The van der Waals surface area contributed by atoms with Gasteiger partial charge in [-0.15, -0.1) is 5.10 Å². The van der Waals surface area contributed by atoms with Crippen LogP contribution in [0.3, 0.4) is 0 Å². The third-order valence-electron chi connectivity index (χ3n) is 3.33. The molecule has 2 N–H and O–H groups in total. The highest BCUT2D eigenvalue weighted by Crippen LogP contribution is 2.27. The molecule has 3 rings (SSSR count). The predicted octanol–water partition coefficient (Wildman–Crippen LogP) is 2.31. The summed E-state index contributed by atoms with van der Waals surface area (Å²) in [6.07, 6.45) is 0. The Balaban J connectivity index is 1.93. The van der Waals surface area contributed by atoms with Crippen molar-refractivity contribution in [1.82, 2.24) is 15.0 Å². The maximum atomic E-state index is 14.2. The number of aromatic amines is 1. The first-order chi connectivity index (χ1) is 11.5. The second-order valence-corrected chi connectivity index (χ2v) is 5.05. The summed E-state index contributed by atoms with van der Waals surface area (Å²) in [4.78, 5) is 24.5. The summed E-state index contributed by atoms with van der Waals surface area (Å²) in [6, 6.07) is 10.9. The highest BCUT2D eigenvalue weighted by molar-refractivity contribution is 6.02. The molecule has 0 saturated carbocycles. The zero-order chi connectivity index (χ0) is 17.3. The zero-order valence-electron chi connectivity index (χ0n) is 12.5. The van der Waals surface area contributed by atoms with Gasteiger partial charge in [0.15, 0.2) is 0 Å². The molecule has 8 heteroatoms. The lowest BCUT2D eigenvalue weighted by Gasteiger charge is -2.09. The molecular formula is C16H12F2N4O2. The van der Waals surface area contributed by atoms with Crippen LogP contribution in [0, 0.1) is 11.6 Å². The van der Waals surface area contributed by atoms with Crippen molar-refractivity contribution in [1.29, 1.82) is 0 Å². The molecule has 0 radical (unpaired) electrons. The van der Waals surface area contributed by atoms with Crippen LogP contribution in [0.15, 0.2) is 47.3 Å².